The molecule has 2 aromatic carbocycles. The summed E-state index contributed by atoms with van der Waals surface area (Å²) in [4.78, 5) is 14.5. The lowest BCUT2D eigenvalue weighted by atomic mass is 10.1. The predicted molar refractivity (Wildman–Crippen MR) is 105 cm³/mol. The molecule has 2 rings (SSSR count). The van der Waals surface area contributed by atoms with Gasteiger partial charge in [0.25, 0.3) is 5.91 Å². The first-order valence-electron chi connectivity index (χ1n) is 9.02. The SMILES string of the molecule is CCN(CC)CCNC(=O)c1ccc(NCc2cccc(C)c2)cc1. The van der Waals surface area contributed by atoms with Crippen LogP contribution in [0.4, 0.5) is 5.69 Å². The molecule has 0 saturated carbocycles. The monoisotopic (exact) mass is 339 g/mol. The van der Waals surface area contributed by atoms with Crippen LogP contribution in [0.2, 0.25) is 0 Å². The van der Waals surface area contributed by atoms with Crippen molar-refractivity contribution >= 4 is 11.6 Å². The van der Waals surface area contributed by atoms with Gasteiger partial charge in [0.15, 0.2) is 0 Å². The molecule has 0 aliphatic heterocycles. The van der Waals surface area contributed by atoms with Gasteiger partial charge in [-0.25, -0.2) is 0 Å². The molecule has 0 spiro atoms. The second-order valence-electron chi connectivity index (χ2n) is 6.20. The summed E-state index contributed by atoms with van der Waals surface area (Å²) in [5.41, 5.74) is 4.22. The second-order valence-corrected chi connectivity index (χ2v) is 6.20. The smallest absolute Gasteiger partial charge is 0.251 e. The van der Waals surface area contributed by atoms with E-state index in [0.29, 0.717) is 12.1 Å². The molecule has 0 bridgehead atoms. The van der Waals surface area contributed by atoms with E-state index in [-0.39, 0.29) is 5.91 Å². The molecule has 4 heteroatoms. The number of carbonyl (C=O) groups excluding carboxylic acids is 1. The fourth-order valence-electron chi connectivity index (χ4n) is 2.74. The maximum absolute atomic E-state index is 12.2. The fourth-order valence-corrected chi connectivity index (χ4v) is 2.74. The molecule has 2 N–H and O–H groups in total. The van der Waals surface area contributed by atoms with Gasteiger partial charge in [-0.05, 0) is 49.8 Å². The molecule has 0 aliphatic rings. The van der Waals surface area contributed by atoms with Crippen molar-refractivity contribution in [2.24, 2.45) is 0 Å². The maximum Gasteiger partial charge on any atom is 0.251 e. The van der Waals surface area contributed by atoms with Crippen molar-refractivity contribution < 1.29 is 4.79 Å². The van der Waals surface area contributed by atoms with E-state index in [9.17, 15) is 4.79 Å². The highest BCUT2D eigenvalue weighted by molar-refractivity contribution is 5.94. The van der Waals surface area contributed by atoms with Crippen molar-refractivity contribution in [2.45, 2.75) is 27.3 Å². The summed E-state index contributed by atoms with van der Waals surface area (Å²) < 4.78 is 0. The normalized spacial score (nSPS) is 10.7. The Bertz CT molecular complexity index is 663. The Morgan fingerprint density at radius 3 is 2.40 bits per heavy atom. The molecular formula is C21H29N3O. The summed E-state index contributed by atoms with van der Waals surface area (Å²) in [5.74, 6) is -0.0163. The molecule has 0 aromatic heterocycles. The highest BCUT2D eigenvalue weighted by Crippen LogP contribution is 2.12. The van der Waals surface area contributed by atoms with Crippen molar-refractivity contribution in [3.05, 3.63) is 65.2 Å². The van der Waals surface area contributed by atoms with Gasteiger partial charge in [-0.15, -0.1) is 0 Å². The zero-order chi connectivity index (χ0) is 18.1. The zero-order valence-corrected chi connectivity index (χ0v) is 15.5. The van der Waals surface area contributed by atoms with Gasteiger partial charge in [-0.2, -0.15) is 0 Å². The van der Waals surface area contributed by atoms with Crippen LogP contribution in [0.25, 0.3) is 0 Å². The van der Waals surface area contributed by atoms with Gasteiger partial charge in [-0.3, -0.25) is 4.79 Å². The summed E-state index contributed by atoms with van der Waals surface area (Å²) in [6.07, 6.45) is 0. The third kappa shape index (κ3) is 6.24. The summed E-state index contributed by atoms with van der Waals surface area (Å²) in [5, 5.41) is 6.37. The number of aryl methyl sites for hydroxylation is 1. The standard InChI is InChI=1S/C21H29N3O/c1-4-24(5-2)14-13-22-21(25)19-9-11-20(12-10-19)23-16-18-8-6-7-17(3)15-18/h6-12,15,23H,4-5,13-14,16H2,1-3H3,(H,22,25). The lowest BCUT2D eigenvalue weighted by Crippen LogP contribution is -2.34. The number of nitrogens with one attached hydrogen (secondary N) is 2. The first-order valence-corrected chi connectivity index (χ1v) is 9.02. The number of nitrogens with zero attached hydrogens (tertiary/aromatic N) is 1. The zero-order valence-electron chi connectivity index (χ0n) is 15.5. The van der Waals surface area contributed by atoms with Gasteiger partial charge in [0.05, 0.1) is 0 Å². The molecule has 2 aromatic rings. The molecule has 134 valence electrons. The molecule has 0 heterocycles. The van der Waals surface area contributed by atoms with Gasteiger partial charge in [0, 0.05) is 30.9 Å². The summed E-state index contributed by atoms with van der Waals surface area (Å²) in [7, 11) is 0. The van der Waals surface area contributed by atoms with Gasteiger partial charge in [0.2, 0.25) is 0 Å². The van der Waals surface area contributed by atoms with Crippen LogP contribution in [0.15, 0.2) is 48.5 Å². The molecule has 25 heavy (non-hydrogen) atoms. The first-order chi connectivity index (χ1) is 12.1. The third-order valence-corrected chi connectivity index (χ3v) is 4.33. The van der Waals surface area contributed by atoms with Crippen LogP contribution in [-0.2, 0) is 6.54 Å². The first kappa shape index (κ1) is 19.0. The van der Waals surface area contributed by atoms with Gasteiger partial charge in [-0.1, -0.05) is 43.7 Å². The number of hydrogen-bond acceptors (Lipinski definition) is 3. The number of anilines is 1. The molecule has 4 nitrogen and oxygen atoms in total. The van der Waals surface area contributed by atoms with Crippen molar-refractivity contribution in [3.63, 3.8) is 0 Å². The lowest BCUT2D eigenvalue weighted by molar-refractivity contribution is 0.0949. The maximum atomic E-state index is 12.2. The average molecular weight is 339 g/mol. The van der Waals surface area contributed by atoms with Gasteiger partial charge in [0.1, 0.15) is 0 Å². The van der Waals surface area contributed by atoms with Crippen molar-refractivity contribution in [1.29, 1.82) is 0 Å². The molecule has 0 saturated heterocycles. The highest BCUT2D eigenvalue weighted by atomic mass is 16.1. The molecule has 0 fully saturated rings. The van der Waals surface area contributed by atoms with Gasteiger partial charge >= 0.3 is 0 Å². The minimum Gasteiger partial charge on any atom is -0.381 e. The molecular weight excluding hydrogens is 310 g/mol. The molecule has 0 atom stereocenters. The molecule has 0 radical (unpaired) electrons. The van der Waals surface area contributed by atoms with Crippen molar-refractivity contribution in [1.82, 2.24) is 10.2 Å². The number of likely N-dealkylation sites (N-methyl/N-ethyl adjacent to an activating group) is 1. The van der Waals surface area contributed by atoms with Crippen LogP contribution in [0.3, 0.4) is 0 Å². The quantitative estimate of drug-likeness (QED) is 0.732. The predicted octanol–water partition coefficient (Wildman–Crippen LogP) is 3.68. The number of benzene rings is 2. The minimum absolute atomic E-state index is 0.0163. The van der Waals surface area contributed by atoms with E-state index < -0.39 is 0 Å². The van der Waals surface area contributed by atoms with E-state index in [1.165, 1.54) is 11.1 Å². The average Bonchev–Trinajstić information content (AvgIpc) is 2.64. The van der Waals surface area contributed by atoms with Crippen LogP contribution in [0, 0.1) is 6.92 Å². The Hall–Kier alpha value is -2.33. The second kappa shape index (κ2) is 9.84. The molecule has 1 amide bonds. The minimum atomic E-state index is -0.0163. The number of hydrogen-bond donors (Lipinski definition) is 2. The van der Waals surface area contributed by atoms with Crippen LogP contribution < -0.4 is 10.6 Å². The van der Waals surface area contributed by atoms with Crippen LogP contribution in [0.5, 0.6) is 0 Å². The molecule has 0 unspecified atom stereocenters. The lowest BCUT2D eigenvalue weighted by Gasteiger charge is -2.18. The topological polar surface area (TPSA) is 44.4 Å². The highest BCUT2D eigenvalue weighted by Gasteiger charge is 2.06. The number of rotatable bonds is 9. The summed E-state index contributed by atoms with van der Waals surface area (Å²) >= 11 is 0. The van der Waals surface area contributed by atoms with E-state index in [0.717, 1.165) is 31.9 Å². The van der Waals surface area contributed by atoms with E-state index in [4.69, 9.17) is 0 Å². The van der Waals surface area contributed by atoms with Gasteiger partial charge < -0.3 is 15.5 Å². The third-order valence-electron chi connectivity index (χ3n) is 4.33. The van der Waals surface area contributed by atoms with E-state index in [1.807, 2.05) is 24.3 Å². The Morgan fingerprint density at radius 2 is 1.76 bits per heavy atom. The van der Waals surface area contributed by atoms with Crippen LogP contribution >= 0.6 is 0 Å². The van der Waals surface area contributed by atoms with Crippen molar-refractivity contribution in [2.75, 3.05) is 31.5 Å². The molecule has 0 aliphatic carbocycles. The van der Waals surface area contributed by atoms with Crippen LogP contribution in [-0.4, -0.2) is 37.0 Å². The summed E-state index contributed by atoms with van der Waals surface area (Å²) in [6.45, 7) is 10.7. The number of amides is 1. The van der Waals surface area contributed by atoms with Crippen LogP contribution in [0.1, 0.15) is 35.3 Å². The largest absolute Gasteiger partial charge is 0.381 e. The Kier molecular flexibility index (Phi) is 7.48. The van der Waals surface area contributed by atoms with E-state index >= 15 is 0 Å². The van der Waals surface area contributed by atoms with E-state index in [1.54, 1.807) is 0 Å². The summed E-state index contributed by atoms with van der Waals surface area (Å²) in [6, 6.07) is 16.1. The fraction of sp³-hybridized carbons (Fsp3) is 0.381. The van der Waals surface area contributed by atoms with Crippen molar-refractivity contribution in [3.8, 4) is 0 Å². The van der Waals surface area contributed by atoms with E-state index in [2.05, 4.69) is 60.6 Å². The number of carbonyl (C=O) groups is 1. The Morgan fingerprint density at radius 1 is 1.04 bits per heavy atom. The Labute approximate surface area is 151 Å². The Balaban J connectivity index is 1.81.